The fourth-order valence-corrected chi connectivity index (χ4v) is 4.87. The first-order chi connectivity index (χ1) is 12.0. The van der Waals surface area contributed by atoms with E-state index in [0.717, 1.165) is 23.9 Å². The number of aromatic nitrogens is 1. The van der Waals surface area contributed by atoms with Crippen molar-refractivity contribution < 1.29 is 9.31 Å². The average Bonchev–Trinajstić information content (AvgIpc) is 3.12. The van der Waals surface area contributed by atoms with Gasteiger partial charge in [-0.2, -0.15) is 0 Å². The highest BCUT2D eigenvalue weighted by Gasteiger charge is 2.51. The van der Waals surface area contributed by atoms with Crippen molar-refractivity contribution in [2.45, 2.75) is 70.6 Å². The van der Waals surface area contributed by atoms with Crippen LogP contribution in [-0.2, 0) is 9.31 Å². The summed E-state index contributed by atoms with van der Waals surface area (Å²) < 4.78 is 13.6. The van der Waals surface area contributed by atoms with Crippen LogP contribution in [0.1, 0.15) is 58.9 Å². The molecule has 0 amide bonds. The Hall–Kier alpha value is -0.945. The van der Waals surface area contributed by atoms with Crippen LogP contribution in [-0.4, -0.2) is 47.3 Å². The summed E-state index contributed by atoms with van der Waals surface area (Å²) >= 11 is 1.83. The van der Waals surface area contributed by atoms with Crippen molar-refractivity contribution >= 4 is 34.1 Å². The lowest BCUT2D eigenvalue weighted by molar-refractivity contribution is 0.00578. The number of thiazole rings is 1. The van der Waals surface area contributed by atoms with Gasteiger partial charge in [0.05, 0.1) is 26.4 Å². The van der Waals surface area contributed by atoms with E-state index in [1.807, 2.05) is 11.3 Å². The second-order valence-corrected chi connectivity index (χ2v) is 10.5. The van der Waals surface area contributed by atoms with Crippen LogP contribution in [0.5, 0.6) is 0 Å². The van der Waals surface area contributed by atoms with Crippen molar-refractivity contribution in [2.75, 3.05) is 13.6 Å². The Bertz CT molecular complexity index is 829. The first-order valence-electron chi connectivity index (χ1n) is 9.46. The van der Waals surface area contributed by atoms with Gasteiger partial charge in [0, 0.05) is 18.0 Å². The van der Waals surface area contributed by atoms with E-state index >= 15 is 0 Å². The molecule has 3 heterocycles. The van der Waals surface area contributed by atoms with Crippen molar-refractivity contribution in [3.8, 4) is 0 Å². The predicted molar refractivity (Wildman–Crippen MR) is 109 cm³/mol. The minimum absolute atomic E-state index is 0.246. The number of likely N-dealkylation sites (tertiary alicyclic amines) is 1. The molecule has 0 saturated carbocycles. The second kappa shape index (κ2) is 5.77. The van der Waals surface area contributed by atoms with E-state index in [0.29, 0.717) is 5.92 Å². The maximum atomic E-state index is 6.19. The van der Waals surface area contributed by atoms with Gasteiger partial charge in [-0.15, -0.1) is 11.3 Å². The maximum absolute atomic E-state index is 6.19. The van der Waals surface area contributed by atoms with Crippen LogP contribution in [0.2, 0.25) is 0 Å². The summed E-state index contributed by atoms with van der Waals surface area (Å²) in [5.74, 6) is 0.521. The van der Waals surface area contributed by atoms with Gasteiger partial charge in [-0.25, -0.2) is 4.98 Å². The molecule has 1 aromatic heterocycles. The third kappa shape index (κ3) is 2.91. The highest BCUT2D eigenvalue weighted by Crippen LogP contribution is 2.40. The van der Waals surface area contributed by atoms with Gasteiger partial charge in [-0.1, -0.05) is 6.07 Å². The third-order valence-electron chi connectivity index (χ3n) is 6.58. The molecule has 0 radical (unpaired) electrons. The van der Waals surface area contributed by atoms with Gasteiger partial charge in [0.25, 0.3) is 0 Å². The summed E-state index contributed by atoms with van der Waals surface area (Å²) in [5.41, 5.74) is 1.72. The first kappa shape index (κ1) is 18.4. The van der Waals surface area contributed by atoms with Crippen molar-refractivity contribution in [3.05, 3.63) is 23.2 Å². The zero-order valence-electron chi connectivity index (χ0n) is 16.9. The number of rotatable bonds is 2. The standard InChI is InChI=1S/C20H29BN2O2S/c1-18(2)11-13(12-23(18)7)17-22-15-10-14(8-9-16(15)26-17)21-24-19(3,4)20(5,6)25-21/h8-10,13H,11-12H2,1-7H3. The molecule has 0 bridgehead atoms. The Morgan fingerprint density at radius 2 is 1.77 bits per heavy atom. The van der Waals surface area contributed by atoms with Crippen LogP contribution in [0.25, 0.3) is 10.2 Å². The molecule has 4 rings (SSSR count). The number of benzene rings is 1. The molecule has 4 nitrogen and oxygen atoms in total. The summed E-state index contributed by atoms with van der Waals surface area (Å²) in [6.07, 6.45) is 1.16. The van der Waals surface area contributed by atoms with Crippen molar-refractivity contribution in [1.29, 1.82) is 0 Å². The van der Waals surface area contributed by atoms with Gasteiger partial charge < -0.3 is 14.2 Å². The number of nitrogens with zero attached hydrogens (tertiary/aromatic N) is 2. The molecule has 26 heavy (non-hydrogen) atoms. The normalized spacial score (nSPS) is 27.5. The Morgan fingerprint density at radius 3 is 2.35 bits per heavy atom. The largest absolute Gasteiger partial charge is 0.494 e. The minimum Gasteiger partial charge on any atom is -0.399 e. The predicted octanol–water partition coefficient (Wildman–Crippen LogP) is 3.79. The molecule has 6 heteroatoms. The number of hydrogen-bond acceptors (Lipinski definition) is 5. The van der Waals surface area contributed by atoms with E-state index in [4.69, 9.17) is 14.3 Å². The monoisotopic (exact) mass is 372 g/mol. The maximum Gasteiger partial charge on any atom is 0.494 e. The van der Waals surface area contributed by atoms with Gasteiger partial charge in [0.15, 0.2) is 0 Å². The average molecular weight is 372 g/mol. The first-order valence-corrected chi connectivity index (χ1v) is 10.3. The molecule has 0 N–H and O–H groups in total. The van der Waals surface area contributed by atoms with Gasteiger partial charge in [0.1, 0.15) is 0 Å². The van der Waals surface area contributed by atoms with Crippen LogP contribution < -0.4 is 5.46 Å². The van der Waals surface area contributed by atoms with Gasteiger partial charge in [-0.05, 0) is 72.6 Å². The fourth-order valence-electron chi connectivity index (χ4n) is 3.83. The Balaban J connectivity index is 1.61. The molecule has 0 aliphatic carbocycles. The van der Waals surface area contributed by atoms with Gasteiger partial charge in [0.2, 0.25) is 0 Å². The molecule has 0 spiro atoms. The van der Waals surface area contributed by atoms with E-state index in [9.17, 15) is 0 Å². The van der Waals surface area contributed by atoms with Gasteiger partial charge in [-0.3, -0.25) is 0 Å². The molecule has 2 aliphatic heterocycles. The van der Waals surface area contributed by atoms with Crippen molar-refractivity contribution in [2.24, 2.45) is 0 Å². The zero-order chi connectivity index (χ0) is 18.9. The smallest absolute Gasteiger partial charge is 0.399 e. The molecule has 2 aromatic rings. The van der Waals surface area contributed by atoms with E-state index in [2.05, 4.69) is 71.7 Å². The highest BCUT2D eigenvalue weighted by atomic mass is 32.1. The van der Waals surface area contributed by atoms with Crippen molar-refractivity contribution in [1.82, 2.24) is 9.88 Å². The molecule has 1 atom stereocenters. The lowest BCUT2D eigenvalue weighted by atomic mass is 9.79. The second-order valence-electron chi connectivity index (χ2n) is 9.46. The quantitative estimate of drug-likeness (QED) is 0.752. The molecule has 2 saturated heterocycles. The lowest BCUT2D eigenvalue weighted by Crippen LogP contribution is -2.41. The molecule has 1 aromatic carbocycles. The molecule has 2 fully saturated rings. The Kier molecular flexibility index (Phi) is 4.09. The SMILES string of the molecule is CN1CC(c2nc3cc(B4OC(C)(C)C(C)(C)O4)ccc3s2)CC1(C)C. The fraction of sp³-hybridized carbons (Fsp3) is 0.650. The van der Waals surface area contributed by atoms with E-state index < -0.39 is 0 Å². The Morgan fingerprint density at radius 1 is 1.12 bits per heavy atom. The molecular weight excluding hydrogens is 343 g/mol. The number of hydrogen-bond donors (Lipinski definition) is 0. The van der Waals surface area contributed by atoms with Crippen LogP contribution in [0.4, 0.5) is 0 Å². The van der Waals surface area contributed by atoms with E-state index in [1.54, 1.807) is 0 Å². The minimum atomic E-state index is -0.328. The van der Waals surface area contributed by atoms with Crippen LogP contribution in [0, 0.1) is 0 Å². The topological polar surface area (TPSA) is 34.6 Å². The zero-order valence-corrected chi connectivity index (χ0v) is 17.7. The summed E-state index contributed by atoms with van der Waals surface area (Å²) in [4.78, 5) is 7.42. The van der Waals surface area contributed by atoms with Crippen molar-refractivity contribution in [3.63, 3.8) is 0 Å². The lowest BCUT2D eigenvalue weighted by Gasteiger charge is -2.32. The van der Waals surface area contributed by atoms with Gasteiger partial charge >= 0.3 is 7.12 Å². The van der Waals surface area contributed by atoms with E-state index in [1.165, 1.54) is 9.71 Å². The molecule has 1 unspecified atom stereocenters. The molecular formula is C20H29BN2O2S. The third-order valence-corrected chi connectivity index (χ3v) is 7.78. The van der Waals surface area contributed by atoms with E-state index in [-0.39, 0.29) is 23.9 Å². The highest BCUT2D eigenvalue weighted by molar-refractivity contribution is 7.18. The molecule has 140 valence electrons. The summed E-state index contributed by atoms with van der Waals surface area (Å²) in [6.45, 7) is 14.1. The Labute approximate surface area is 161 Å². The summed E-state index contributed by atoms with van der Waals surface area (Å²) in [5, 5.41) is 1.25. The van der Waals surface area contributed by atoms with Crippen LogP contribution in [0.3, 0.4) is 0 Å². The summed E-state index contributed by atoms with van der Waals surface area (Å²) in [7, 11) is 1.88. The summed E-state index contributed by atoms with van der Waals surface area (Å²) in [6, 6.07) is 6.43. The number of fused-ring (bicyclic) bond motifs is 1. The van der Waals surface area contributed by atoms with Crippen LogP contribution >= 0.6 is 11.3 Å². The van der Waals surface area contributed by atoms with Crippen LogP contribution in [0.15, 0.2) is 18.2 Å². The number of likely N-dealkylation sites (N-methyl/N-ethyl adjacent to an activating group) is 1. The molecule has 2 aliphatic rings.